The molecule has 2 N–H and O–H groups in total. The minimum absolute atomic E-state index is 0.172. The molecule has 7 heteroatoms. The van der Waals surface area contributed by atoms with Crippen LogP contribution in [-0.2, 0) is 4.79 Å². The predicted molar refractivity (Wildman–Crippen MR) is 84.9 cm³/mol. The van der Waals surface area contributed by atoms with Crippen molar-refractivity contribution in [3.8, 4) is 0 Å². The van der Waals surface area contributed by atoms with Crippen LogP contribution < -0.4 is 5.32 Å². The SMILES string of the molecule is CCN(CC(C)C(=O)O)C(=O)Nc1ccc(Br)cc1Br. The van der Waals surface area contributed by atoms with Crippen molar-refractivity contribution < 1.29 is 14.7 Å². The number of carbonyl (C=O) groups excluding carboxylic acids is 1. The van der Waals surface area contributed by atoms with Gasteiger partial charge in [0.05, 0.1) is 11.6 Å². The largest absolute Gasteiger partial charge is 0.481 e. The molecular weight excluding hydrogens is 392 g/mol. The second-order valence-corrected chi connectivity index (χ2v) is 6.10. The number of urea groups is 1. The van der Waals surface area contributed by atoms with Crippen LogP contribution in [0.4, 0.5) is 10.5 Å². The first-order chi connectivity index (χ1) is 9.35. The number of benzene rings is 1. The van der Waals surface area contributed by atoms with Crippen LogP contribution in [-0.4, -0.2) is 35.1 Å². The molecule has 1 aromatic carbocycles. The van der Waals surface area contributed by atoms with Gasteiger partial charge in [0.1, 0.15) is 0 Å². The Hall–Kier alpha value is -1.08. The number of carboxylic acid groups (broad SMARTS) is 1. The van der Waals surface area contributed by atoms with Crippen LogP contribution in [0.1, 0.15) is 13.8 Å². The molecule has 0 aliphatic rings. The van der Waals surface area contributed by atoms with Crippen molar-refractivity contribution in [2.75, 3.05) is 18.4 Å². The molecule has 1 aromatic rings. The number of nitrogens with zero attached hydrogens (tertiary/aromatic N) is 1. The Bertz CT molecular complexity index is 508. The first-order valence-corrected chi connectivity index (χ1v) is 7.67. The molecule has 0 aliphatic carbocycles. The second kappa shape index (κ2) is 7.64. The Balaban J connectivity index is 2.74. The number of nitrogens with one attached hydrogen (secondary N) is 1. The summed E-state index contributed by atoms with van der Waals surface area (Å²) in [4.78, 5) is 24.4. The highest BCUT2D eigenvalue weighted by Gasteiger charge is 2.19. The molecule has 0 spiro atoms. The molecule has 0 heterocycles. The maximum absolute atomic E-state index is 12.1. The number of aliphatic carboxylic acids is 1. The van der Waals surface area contributed by atoms with Gasteiger partial charge in [0, 0.05) is 22.0 Å². The van der Waals surface area contributed by atoms with Gasteiger partial charge in [-0.3, -0.25) is 4.79 Å². The number of halogens is 2. The first kappa shape index (κ1) is 17.0. The van der Waals surface area contributed by atoms with Crippen LogP contribution in [0.5, 0.6) is 0 Å². The summed E-state index contributed by atoms with van der Waals surface area (Å²) in [7, 11) is 0. The lowest BCUT2D eigenvalue weighted by molar-refractivity contribution is -0.141. The standard InChI is InChI=1S/C13H16Br2N2O3/c1-3-17(7-8(2)12(18)19)13(20)16-11-5-4-9(14)6-10(11)15/h4-6,8H,3,7H2,1-2H3,(H,16,20)(H,18,19). The number of rotatable bonds is 5. The van der Waals surface area contributed by atoms with E-state index >= 15 is 0 Å². The van der Waals surface area contributed by atoms with Gasteiger partial charge in [0.15, 0.2) is 0 Å². The van der Waals surface area contributed by atoms with Gasteiger partial charge in [0.25, 0.3) is 0 Å². The van der Waals surface area contributed by atoms with E-state index in [1.165, 1.54) is 4.90 Å². The molecule has 0 saturated heterocycles. The molecule has 1 unspecified atom stereocenters. The molecule has 0 bridgehead atoms. The number of hydrogen-bond donors (Lipinski definition) is 2. The minimum atomic E-state index is -0.916. The molecule has 0 aliphatic heterocycles. The normalized spacial score (nSPS) is 11.8. The lowest BCUT2D eigenvalue weighted by Crippen LogP contribution is -2.39. The molecular formula is C13H16Br2N2O3. The fourth-order valence-electron chi connectivity index (χ4n) is 1.55. The molecule has 2 amide bonds. The van der Waals surface area contributed by atoms with Gasteiger partial charge in [-0.25, -0.2) is 4.79 Å². The summed E-state index contributed by atoms with van der Waals surface area (Å²) in [6.07, 6.45) is 0. The fraction of sp³-hybridized carbons (Fsp3) is 0.385. The highest BCUT2D eigenvalue weighted by atomic mass is 79.9. The van der Waals surface area contributed by atoms with Crippen molar-refractivity contribution in [1.82, 2.24) is 4.90 Å². The van der Waals surface area contributed by atoms with E-state index in [4.69, 9.17) is 5.11 Å². The van der Waals surface area contributed by atoms with Gasteiger partial charge in [-0.05, 0) is 41.1 Å². The van der Waals surface area contributed by atoms with Gasteiger partial charge in [-0.2, -0.15) is 0 Å². The summed E-state index contributed by atoms with van der Waals surface area (Å²) in [5.41, 5.74) is 0.639. The summed E-state index contributed by atoms with van der Waals surface area (Å²) in [5, 5.41) is 11.7. The van der Waals surface area contributed by atoms with E-state index in [0.717, 1.165) is 8.95 Å². The average Bonchev–Trinajstić information content (AvgIpc) is 2.38. The maximum Gasteiger partial charge on any atom is 0.321 e. The molecule has 1 atom stereocenters. The van der Waals surface area contributed by atoms with E-state index in [1.54, 1.807) is 13.0 Å². The zero-order chi connectivity index (χ0) is 15.3. The monoisotopic (exact) mass is 406 g/mol. The third kappa shape index (κ3) is 4.79. The highest BCUT2D eigenvalue weighted by Crippen LogP contribution is 2.26. The van der Waals surface area contributed by atoms with Crippen LogP contribution in [0.15, 0.2) is 27.1 Å². The summed E-state index contributed by atoms with van der Waals surface area (Å²) < 4.78 is 1.65. The minimum Gasteiger partial charge on any atom is -0.481 e. The van der Waals surface area contributed by atoms with Crippen LogP contribution in [0.25, 0.3) is 0 Å². The molecule has 1 rings (SSSR count). The highest BCUT2D eigenvalue weighted by molar-refractivity contribution is 9.11. The summed E-state index contributed by atoms with van der Waals surface area (Å²) in [5.74, 6) is -1.52. The maximum atomic E-state index is 12.1. The number of amides is 2. The van der Waals surface area contributed by atoms with Crippen molar-refractivity contribution >= 4 is 49.5 Å². The lowest BCUT2D eigenvalue weighted by Gasteiger charge is -2.23. The van der Waals surface area contributed by atoms with Crippen molar-refractivity contribution in [3.63, 3.8) is 0 Å². The van der Waals surface area contributed by atoms with Crippen LogP contribution >= 0.6 is 31.9 Å². The van der Waals surface area contributed by atoms with Crippen molar-refractivity contribution in [2.24, 2.45) is 5.92 Å². The van der Waals surface area contributed by atoms with Gasteiger partial charge in [0.2, 0.25) is 0 Å². The molecule has 0 saturated carbocycles. The van der Waals surface area contributed by atoms with Crippen molar-refractivity contribution in [2.45, 2.75) is 13.8 Å². The quantitative estimate of drug-likeness (QED) is 0.780. The third-order valence-electron chi connectivity index (χ3n) is 2.76. The van der Waals surface area contributed by atoms with E-state index in [0.29, 0.717) is 12.2 Å². The molecule has 0 aromatic heterocycles. The lowest BCUT2D eigenvalue weighted by atomic mass is 10.2. The summed E-state index contributed by atoms with van der Waals surface area (Å²) in [6.45, 7) is 4.00. The Morgan fingerprint density at radius 3 is 2.55 bits per heavy atom. The first-order valence-electron chi connectivity index (χ1n) is 6.09. The molecule has 0 radical (unpaired) electrons. The van der Waals surface area contributed by atoms with Crippen molar-refractivity contribution in [1.29, 1.82) is 0 Å². The van der Waals surface area contributed by atoms with Gasteiger partial charge >= 0.3 is 12.0 Å². The Kier molecular flexibility index (Phi) is 6.48. The zero-order valence-corrected chi connectivity index (χ0v) is 14.4. The van der Waals surface area contributed by atoms with Gasteiger partial charge in [-0.15, -0.1) is 0 Å². The number of anilines is 1. The van der Waals surface area contributed by atoms with E-state index in [-0.39, 0.29) is 12.6 Å². The molecule has 110 valence electrons. The summed E-state index contributed by atoms with van der Waals surface area (Å²) >= 11 is 6.70. The van der Waals surface area contributed by atoms with Crippen LogP contribution in [0, 0.1) is 5.92 Å². The van der Waals surface area contributed by atoms with Crippen LogP contribution in [0.3, 0.4) is 0 Å². The zero-order valence-electron chi connectivity index (χ0n) is 11.2. The Morgan fingerprint density at radius 1 is 1.40 bits per heavy atom. The van der Waals surface area contributed by atoms with Crippen LogP contribution in [0.2, 0.25) is 0 Å². The van der Waals surface area contributed by atoms with Crippen molar-refractivity contribution in [3.05, 3.63) is 27.1 Å². The molecule has 0 fully saturated rings. The van der Waals surface area contributed by atoms with E-state index in [1.807, 2.05) is 19.1 Å². The summed E-state index contributed by atoms with van der Waals surface area (Å²) in [6, 6.07) is 5.09. The fourth-order valence-corrected chi connectivity index (χ4v) is 2.70. The predicted octanol–water partition coefficient (Wildman–Crippen LogP) is 3.79. The van der Waals surface area contributed by atoms with E-state index in [2.05, 4.69) is 37.2 Å². The van der Waals surface area contributed by atoms with E-state index in [9.17, 15) is 9.59 Å². The average molecular weight is 408 g/mol. The molecule has 5 nitrogen and oxygen atoms in total. The third-order valence-corrected chi connectivity index (χ3v) is 3.91. The molecule has 20 heavy (non-hydrogen) atoms. The van der Waals surface area contributed by atoms with Gasteiger partial charge in [-0.1, -0.05) is 22.9 Å². The Labute approximate surface area is 134 Å². The van der Waals surface area contributed by atoms with Gasteiger partial charge < -0.3 is 15.3 Å². The number of hydrogen-bond acceptors (Lipinski definition) is 2. The number of carboxylic acids is 1. The topological polar surface area (TPSA) is 69.6 Å². The van der Waals surface area contributed by atoms with E-state index < -0.39 is 11.9 Å². The smallest absolute Gasteiger partial charge is 0.321 e. The second-order valence-electron chi connectivity index (χ2n) is 4.33. The number of carbonyl (C=O) groups is 2. The Morgan fingerprint density at radius 2 is 2.05 bits per heavy atom.